The normalized spacial score (nSPS) is 11.4. The molecule has 0 bridgehead atoms. The number of esters is 1. The van der Waals surface area contributed by atoms with Gasteiger partial charge in [-0.2, -0.15) is 0 Å². The van der Waals surface area contributed by atoms with Crippen LogP contribution in [-0.4, -0.2) is 35.8 Å². The average molecular weight is 365 g/mol. The predicted molar refractivity (Wildman–Crippen MR) is 95.5 cm³/mol. The Balaban J connectivity index is 2.46. The maximum absolute atomic E-state index is 12.1. The minimum atomic E-state index is -1.05. The molecule has 0 saturated heterocycles. The van der Waals surface area contributed by atoms with E-state index in [1.165, 1.54) is 0 Å². The summed E-state index contributed by atoms with van der Waals surface area (Å²) in [7, 11) is 0. The van der Waals surface area contributed by atoms with Crippen molar-refractivity contribution in [2.24, 2.45) is 0 Å². The first kappa shape index (κ1) is 21.5. The molecule has 7 nitrogen and oxygen atoms in total. The topological polar surface area (TPSA) is 102 Å². The van der Waals surface area contributed by atoms with Gasteiger partial charge in [-0.15, -0.1) is 0 Å². The fraction of sp³-hybridized carbons (Fsp3) is 0.526. The van der Waals surface area contributed by atoms with Crippen LogP contribution in [0.1, 0.15) is 51.0 Å². The third-order valence-electron chi connectivity index (χ3n) is 3.68. The molecule has 0 aromatic heterocycles. The Kier molecular flexibility index (Phi) is 10.5. The zero-order valence-corrected chi connectivity index (χ0v) is 15.1. The molecule has 1 rings (SSSR count). The van der Waals surface area contributed by atoms with Crippen LogP contribution in [0, 0.1) is 0 Å². The lowest BCUT2D eigenvalue weighted by Gasteiger charge is -2.17. The largest absolute Gasteiger partial charge is 0.481 e. The van der Waals surface area contributed by atoms with Gasteiger partial charge in [0.05, 0.1) is 6.61 Å². The van der Waals surface area contributed by atoms with E-state index in [0.29, 0.717) is 0 Å². The van der Waals surface area contributed by atoms with Crippen molar-refractivity contribution in [1.29, 1.82) is 0 Å². The fourth-order valence-corrected chi connectivity index (χ4v) is 2.23. The molecule has 0 fully saturated rings. The van der Waals surface area contributed by atoms with Crippen LogP contribution in [0.25, 0.3) is 0 Å². The Hall–Kier alpha value is -2.57. The van der Waals surface area contributed by atoms with Crippen molar-refractivity contribution in [3.63, 3.8) is 0 Å². The molecule has 1 amide bonds. The van der Waals surface area contributed by atoms with Crippen molar-refractivity contribution in [2.75, 3.05) is 6.61 Å². The van der Waals surface area contributed by atoms with Crippen molar-refractivity contribution in [3.8, 4) is 0 Å². The second-order valence-corrected chi connectivity index (χ2v) is 5.92. The van der Waals surface area contributed by atoms with Crippen LogP contribution in [0.3, 0.4) is 0 Å². The number of ether oxygens (including phenoxy) is 2. The molecule has 144 valence electrons. The lowest BCUT2D eigenvalue weighted by atomic mass is 10.1. The van der Waals surface area contributed by atoms with Gasteiger partial charge in [-0.05, 0) is 18.4 Å². The van der Waals surface area contributed by atoms with Gasteiger partial charge in [-0.25, -0.2) is 9.59 Å². The number of rotatable bonds is 12. The standard InChI is InChI=1S/C19H27NO6/c1-2-3-4-8-13-25-18(23)16(11-12-17(21)22)20-19(24)26-14-15-9-6-5-7-10-15/h5-7,9-10,16H,2-4,8,11-14H2,1H3,(H,20,24)(H,21,22)/t16-/m0/s1. The first-order valence-corrected chi connectivity index (χ1v) is 8.88. The van der Waals surface area contributed by atoms with Crippen LogP contribution in [0.4, 0.5) is 4.79 Å². The molecule has 0 radical (unpaired) electrons. The third kappa shape index (κ3) is 9.66. The van der Waals surface area contributed by atoms with Gasteiger partial charge in [0.25, 0.3) is 0 Å². The molecule has 26 heavy (non-hydrogen) atoms. The minimum Gasteiger partial charge on any atom is -0.481 e. The van der Waals surface area contributed by atoms with Crippen molar-refractivity contribution < 1.29 is 29.0 Å². The number of alkyl carbamates (subject to hydrolysis) is 1. The number of hydrogen-bond donors (Lipinski definition) is 2. The maximum atomic E-state index is 12.1. The number of benzene rings is 1. The SMILES string of the molecule is CCCCCCOC(=O)[C@H](CCC(=O)O)NC(=O)OCc1ccccc1. The summed E-state index contributed by atoms with van der Waals surface area (Å²) in [5, 5.41) is 11.2. The van der Waals surface area contributed by atoms with E-state index in [9.17, 15) is 14.4 Å². The molecule has 0 heterocycles. The fourth-order valence-electron chi connectivity index (χ4n) is 2.23. The summed E-state index contributed by atoms with van der Waals surface area (Å²) < 4.78 is 10.2. The Bertz CT molecular complexity index is 560. The van der Waals surface area contributed by atoms with Crippen LogP contribution < -0.4 is 5.32 Å². The molecule has 0 aliphatic carbocycles. The molecule has 0 unspecified atom stereocenters. The maximum Gasteiger partial charge on any atom is 0.408 e. The van der Waals surface area contributed by atoms with E-state index < -0.39 is 24.1 Å². The third-order valence-corrected chi connectivity index (χ3v) is 3.68. The molecule has 2 N–H and O–H groups in total. The number of hydrogen-bond acceptors (Lipinski definition) is 5. The molecule has 1 aromatic rings. The number of aliphatic carboxylic acids is 1. The van der Waals surface area contributed by atoms with Crippen molar-refractivity contribution >= 4 is 18.0 Å². The molecule has 7 heteroatoms. The highest BCUT2D eigenvalue weighted by Gasteiger charge is 2.23. The number of carboxylic acid groups (broad SMARTS) is 1. The van der Waals surface area contributed by atoms with E-state index in [1.807, 2.05) is 18.2 Å². The number of carbonyl (C=O) groups is 3. The summed E-state index contributed by atoms with van der Waals surface area (Å²) in [6.07, 6.45) is 2.73. The smallest absolute Gasteiger partial charge is 0.408 e. The first-order chi connectivity index (χ1) is 12.5. The minimum absolute atomic E-state index is 0.0520. The molecule has 0 saturated carbocycles. The van der Waals surface area contributed by atoms with E-state index in [4.69, 9.17) is 14.6 Å². The molecule has 0 spiro atoms. The first-order valence-electron chi connectivity index (χ1n) is 8.88. The van der Waals surface area contributed by atoms with E-state index in [2.05, 4.69) is 12.2 Å². The predicted octanol–water partition coefficient (Wildman–Crippen LogP) is 3.27. The van der Waals surface area contributed by atoms with Gasteiger partial charge in [0.1, 0.15) is 12.6 Å². The van der Waals surface area contributed by atoms with Crippen LogP contribution in [0.15, 0.2) is 30.3 Å². The second-order valence-electron chi connectivity index (χ2n) is 5.92. The van der Waals surface area contributed by atoms with Gasteiger partial charge in [0.2, 0.25) is 0 Å². The van der Waals surface area contributed by atoms with E-state index >= 15 is 0 Å². The van der Waals surface area contributed by atoms with Gasteiger partial charge in [-0.1, -0.05) is 56.5 Å². The highest BCUT2D eigenvalue weighted by molar-refractivity contribution is 5.82. The summed E-state index contributed by atoms with van der Waals surface area (Å²) in [5.74, 6) is -1.69. The van der Waals surface area contributed by atoms with Gasteiger partial charge in [0, 0.05) is 6.42 Å². The second kappa shape index (κ2) is 12.7. The quantitative estimate of drug-likeness (QED) is 0.435. The van der Waals surface area contributed by atoms with E-state index in [0.717, 1.165) is 31.2 Å². The number of amides is 1. The zero-order chi connectivity index (χ0) is 19.2. The highest BCUT2D eigenvalue weighted by Crippen LogP contribution is 2.05. The van der Waals surface area contributed by atoms with Crippen molar-refractivity contribution in [2.45, 2.75) is 58.1 Å². The summed E-state index contributed by atoms with van der Waals surface area (Å²) >= 11 is 0. The Morgan fingerprint density at radius 1 is 1.08 bits per heavy atom. The molecule has 1 atom stereocenters. The van der Waals surface area contributed by atoms with Crippen LogP contribution >= 0.6 is 0 Å². The molecule has 0 aliphatic rings. The summed E-state index contributed by atoms with van der Waals surface area (Å²) in [6, 6.07) is 8.06. The van der Waals surface area contributed by atoms with Gasteiger partial charge < -0.3 is 19.9 Å². The van der Waals surface area contributed by atoms with Crippen LogP contribution in [-0.2, 0) is 25.7 Å². The lowest BCUT2D eigenvalue weighted by molar-refractivity contribution is -0.146. The highest BCUT2D eigenvalue weighted by atomic mass is 16.6. The van der Waals surface area contributed by atoms with Gasteiger partial charge in [0.15, 0.2) is 0 Å². The summed E-state index contributed by atoms with van der Waals surface area (Å²) in [5.41, 5.74) is 0.809. The zero-order valence-electron chi connectivity index (χ0n) is 15.1. The van der Waals surface area contributed by atoms with E-state index in [1.54, 1.807) is 12.1 Å². The van der Waals surface area contributed by atoms with Crippen LogP contribution in [0.2, 0.25) is 0 Å². The Labute approximate surface area is 153 Å². The lowest BCUT2D eigenvalue weighted by Crippen LogP contribution is -2.42. The number of nitrogens with one attached hydrogen (secondary N) is 1. The Morgan fingerprint density at radius 3 is 2.46 bits per heavy atom. The van der Waals surface area contributed by atoms with Gasteiger partial charge in [-0.3, -0.25) is 4.79 Å². The van der Waals surface area contributed by atoms with Crippen molar-refractivity contribution in [3.05, 3.63) is 35.9 Å². The molecule has 1 aromatic carbocycles. The number of carbonyl (C=O) groups excluding carboxylic acids is 2. The van der Waals surface area contributed by atoms with Crippen molar-refractivity contribution in [1.82, 2.24) is 5.32 Å². The summed E-state index contributed by atoms with van der Waals surface area (Å²) in [6.45, 7) is 2.40. The molecular formula is C19H27NO6. The average Bonchev–Trinajstić information content (AvgIpc) is 2.63. The number of unbranched alkanes of at least 4 members (excludes halogenated alkanes) is 3. The van der Waals surface area contributed by atoms with Gasteiger partial charge >= 0.3 is 18.0 Å². The molecule has 0 aliphatic heterocycles. The summed E-state index contributed by atoms with van der Waals surface area (Å²) in [4.78, 5) is 34.8. The Morgan fingerprint density at radius 2 is 1.81 bits per heavy atom. The number of carboxylic acids is 1. The van der Waals surface area contributed by atoms with E-state index in [-0.39, 0.29) is 26.1 Å². The molecular weight excluding hydrogens is 338 g/mol. The monoisotopic (exact) mass is 365 g/mol. The van der Waals surface area contributed by atoms with Crippen LogP contribution in [0.5, 0.6) is 0 Å².